The second-order valence-electron chi connectivity index (χ2n) is 8.65. The number of carbonyl (C=O) groups is 1. The van der Waals surface area contributed by atoms with Crippen molar-refractivity contribution in [1.29, 1.82) is 0 Å². The van der Waals surface area contributed by atoms with Gasteiger partial charge in [-0.3, -0.25) is 9.63 Å². The first kappa shape index (κ1) is 24.0. The van der Waals surface area contributed by atoms with Gasteiger partial charge in [-0.1, -0.05) is 60.7 Å². The lowest BCUT2D eigenvalue weighted by molar-refractivity contribution is 0.0233. The molecule has 1 saturated heterocycles. The number of hydroxylamine groups is 1. The number of hydrogen-bond acceptors (Lipinski definition) is 5. The molecule has 0 saturated carbocycles. The highest BCUT2D eigenvalue weighted by Gasteiger charge is 2.28. The van der Waals surface area contributed by atoms with E-state index in [2.05, 4.69) is 10.4 Å². The van der Waals surface area contributed by atoms with Crippen molar-refractivity contribution in [3.8, 4) is 0 Å². The third kappa shape index (κ3) is 5.26. The maximum Gasteiger partial charge on any atom is 0.274 e. The molecule has 0 unspecified atom stereocenters. The SMILES string of the molecule is O=C(NOCc1ccccc1)c1ccc(N2CCN(S(=O)(=O)c3ccc4ccccc4c3)CC2)cc1. The zero-order chi connectivity index (χ0) is 25.0. The van der Waals surface area contributed by atoms with Gasteiger partial charge in [-0.05, 0) is 52.7 Å². The highest BCUT2D eigenvalue weighted by Crippen LogP contribution is 2.24. The van der Waals surface area contributed by atoms with Crippen LogP contribution in [0.4, 0.5) is 5.69 Å². The fourth-order valence-corrected chi connectivity index (χ4v) is 5.76. The molecule has 1 fully saturated rings. The van der Waals surface area contributed by atoms with Crippen molar-refractivity contribution >= 4 is 32.4 Å². The molecule has 0 spiro atoms. The summed E-state index contributed by atoms with van der Waals surface area (Å²) in [5.74, 6) is -0.316. The Morgan fingerprint density at radius 1 is 0.778 bits per heavy atom. The van der Waals surface area contributed by atoms with E-state index in [-0.39, 0.29) is 12.5 Å². The van der Waals surface area contributed by atoms with Crippen molar-refractivity contribution in [2.24, 2.45) is 0 Å². The molecule has 4 aromatic rings. The average Bonchev–Trinajstić information content (AvgIpc) is 2.93. The normalized spacial score (nSPS) is 14.6. The molecule has 1 N–H and O–H groups in total. The minimum absolute atomic E-state index is 0.289. The number of carbonyl (C=O) groups excluding carboxylic acids is 1. The number of anilines is 1. The Morgan fingerprint density at radius 3 is 2.17 bits per heavy atom. The van der Waals surface area contributed by atoms with Gasteiger partial charge in [0, 0.05) is 37.4 Å². The molecule has 36 heavy (non-hydrogen) atoms. The number of rotatable bonds is 7. The van der Waals surface area contributed by atoms with Gasteiger partial charge in [-0.15, -0.1) is 0 Å². The van der Waals surface area contributed by atoms with Crippen LogP contribution in [0.5, 0.6) is 0 Å². The van der Waals surface area contributed by atoms with Crippen LogP contribution in [0, 0.1) is 0 Å². The summed E-state index contributed by atoms with van der Waals surface area (Å²) in [6.45, 7) is 2.21. The molecule has 1 heterocycles. The second kappa shape index (κ2) is 10.5. The molecule has 8 heteroatoms. The standard InChI is InChI=1S/C28H27N3O4S/c32-28(29-35-21-22-6-2-1-3-7-22)24-10-13-26(14-11-24)30-16-18-31(19-17-30)36(33,34)27-15-12-23-8-4-5-9-25(23)20-27/h1-15,20H,16-19,21H2,(H,29,32). The second-order valence-corrected chi connectivity index (χ2v) is 10.6. The summed E-state index contributed by atoms with van der Waals surface area (Å²) >= 11 is 0. The number of benzene rings is 4. The van der Waals surface area contributed by atoms with E-state index in [0.717, 1.165) is 22.0 Å². The topological polar surface area (TPSA) is 79.0 Å². The Labute approximate surface area is 210 Å². The van der Waals surface area contributed by atoms with E-state index in [9.17, 15) is 13.2 Å². The Balaban J connectivity index is 1.16. The van der Waals surface area contributed by atoms with Crippen molar-refractivity contribution in [3.63, 3.8) is 0 Å². The molecule has 0 aliphatic carbocycles. The summed E-state index contributed by atoms with van der Waals surface area (Å²) in [5.41, 5.74) is 4.87. The molecular weight excluding hydrogens is 474 g/mol. The molecule has 0 radical (unpaired) electrons. The number of sulfonamides is 1. The predicted molar refractivity (Wildman–Crippen MR) is 140 cm³/mol. The van der Waals surface area contributed by atoms with Gasteiger partial charge in [0.1, 0.15) is 0 Å². The summed E-state index contributed by atoms with van der Waals surface area (Å²) in [7, 11) is -3.57. The van der Waals surface area contributed by atoms with Gasteiger partial charge in [-0.2, -0.15) is 4.31 Å². The fourth-order valence-electron chi connectivity index (χ4n) is 4.31. The summed E-state index contributed by atoms with van der Waals surface area (Å²) in [6, 6.07) is 29.8. The minimum atomic E-state index is -3.57. The molecule has 0 aromatic heterocycles. The van der Waals surface area contributed by atoms with Crippen molar-refractivity contribution in [1.82, 2.24) is 9.79 Å². The van der Waals surface area contributed by atoms with E-state index in [4.69, 9.17) is 4.84 Å². The zero-order valence-corrected chi connectivity index (χ0v) is 20.5. The van der Waals surface area contributed by atoms with E-state index in [1.165, 1.54) is 0 Å². The van der Waals surface area contributed by atoms with Crippen LogP contribution in [-0.4, -0.2) is 44.8 Å². The highest BCUT2D eigenvalue weighted by molar-refractivity contribution is 7.89. The van der Waals surface area contributed by atoms with Crippen molar-refractivity contribution in [2.45, 2.75) is 11.5 Å². The van der Waals surface area contributed by atoms with Crippen LogP contribution in [-0.2, 0) is 21.5 Å². The number of fused-ring (bicyclic) bond motifs is 1. The monoisotopic (exact) mass is 501 g/mol. The maximum atomic E-state index is 13.2. The predicted octanol–water partition coefficient (Wildman–Crippen LogP) is 4.21. The molecule has 184 valence electrons. The molecule has 1 amide bonds. The van der Waals surface area contributed by atoms with Crippen molar-refractivity contribution < 1.29 is 18.0 Å². The van der Waals surface area contributed by atoms with E-state index in [1.807, 2.05) is 72.8 Å². The highest BCUT2D eigenvalue weighted by atomic mass is 32.2. The van der Waals surface area contributed by atoms with Gasteiger partial charge in [0.05, 0.1) is 11.5 Å². The van der Waals surface area contributed by atoms with E-state index in [0.29, 0.717) is 36.6 Å². The number of nitrogens with zero attached hydrogens (tertiary/aromatic N) is 2. The quantitative estimate of drug-likeness (QED) is 0.384. The van der Waals surface area contributed by atoms with E-state index < -0.39 is 10.0 Å². The van der Waals surface area contributed by atoms with Gasteiger partial charge in [0.2, 0.25) is 10.0 Å². The summed E-state index contributed by atoms with van der Waals surface area (Å²) < 4.78 is 28.0. The van der Waals surface area contributed by atoms with E-state index in [1.54, 1.807) is 28.6 Å². The summed E-state index contributed by atoms with van der Waals surface area (Å²) in [6.07, 6.45) is 0. The minimum Gasteiger partial charge on any atom is -0.369 e. The first-order valence-electron chi connectivity index (χ1n) is 11.8. The molecule has 1 aliphatic rings. The largest absolute Gasteiger partial charge is 0.369 e. The van der Waals surface area contributed by atoms with Gasteiger partial charge < -0.3 is 4.90 Å². The van der Waals surface area contributed by atoms with Gasteiger partial charge in [0.15, 0.2) is 0 Å². The van der Waals surface area contributed by atoms with Crippen LogP contribution in [0.2, 0.25) is 0 Å². The molecule has 4 aromatic carbocycles. The van der Waals surface area contributed by atoms with Crippen LogP contribution < -0.4 is 10.4 Å². The lowest BCUT2D eigenvalue weighted by atomic mass is 10.1. The van der Waals surface area contributed by atoms with E-state index >= 15 is 0 Å². The first-order chi connectivity index (χ1) is 17.5. The third-order valence-electron chi connectivity index (χ3n) is 6.34. The first-order valence-corrected chi connectivity index (χ1v) is 13.2. The Bertz CT molecular complexity index is 1450. The molecule has 0 atom stereocenters. The Kier molecular flexibility index (Phi) is 6.99. The zero-order valence-electron chi connectivity index (χ0n) is 19.7. The molecular formula is C28H27N3O4S. The van der Waals surface area contributed by atoms with Crippen LogP contribution in [0.15, 0.2) is 102 Å². The number of piperazine rings is 1. The van der Waals surface area contributed by atoms with Crippen molar-refractivity contribution in [2.75, 3.05) is 31.1 Å². The summed E-state index contributed by atoms with van der Waals surface area (Å²) in [5, 5.41) is 1.92. The van der Waals surface area contributed by atoms with Crippen LogP contribution in [0.3, 0.4) is 0 Å². The molecule has 7 nitrogen and oxygen atoms in total. The summed E-state index contributed by atoms with van der Waals surface area (Å²) in [4.78, 5) is 20.1. The number of hydrogen-bond donors (Lipinski definition) is 1. The average molecular weight is 502 g/mol. The van der Waals surface area contributed by atoms with Gasteiger partial charge in [-0.25, -0.2) is 13.9 Å². The van der Waals surface area contributed by atoms with Gasteiger partial charge >= 0.3 is 0 Å². The van der Waals surface area contributed by atoms with Crippen LogP contribution >= 0.6 is 0 Å². The number of amides is 1. The molecule has 5 rings (SSSR count). The van der Waals surface area contributed by atoms with Gasteiger partial charge in [0.25, 0.3) is 5.91 Å². The Morgan fingerprint density at radius 2 is 1.44 bits per heavy atom. The van der Waals surface area contributed by atoms with Crippen molar-refractivity contribution in [3.05, 3.63) is 108 Å². The molecule has 1 aliphatic heterocycles. The molecule has 0 bridgehead atoms. The third-order valence-corrected chi connectivity index (χ3v) is 8.23. The van der Waals surface area contributed by atoms with Crippen LogP contribution in [0.1, 0.15) is 15.9 Å². The lowest BCUT2D eigenvalue weighted by Gasteiger charge is -2.35. The maximum absolute atomic E-state index is 13.2. The Hall–Kier alpha value is -3.72. The fraction of sp³-hybridized carbons (Fsp3) is 0.179. The van der Waals surface area contributed by atoms with Crippen LogP contribution in [0.25, 0.3) is 10.8 Å². The smallest absolute Gasteiger partial charge is 0.274 e. The number of nitrogens with one attached hydrogen (secondary N) is 1. The lowest BCUT2D eigenvalue weighted by Crippen LogP contribution is -2.48.